The molecule has 2 heterocycles. The molecule has 0 bridgehead atoms. The SMILES string of the molecule is C=Cc1cnc(F)c2cc[nH]c12. The van der Waals surface area contributed by atoms with Gasteiger partial charge in [-0.3, -0.25) is 0 Å². The van der Waals surface area contributed by atoms with Crippen LogP contribution in [0.1, 0.15) is 5.56 Å². The molecule has 0 aromatic carbocycles. The van der Waals surface area contributed by atoms with Crippen LogP contribution in [0.4, 0.5) is 4.39 Å². The third-order valence-corrected chi connectivity index (χ3v) is 1.79. The van der Waals surface area contributed by atoms with E-state index < -0.39 is 5.95 Å². The number of rotatable bonds is 1. The number of nitrogens with zero attached hydrogens (tertiary/aromatic N) is 1. The Kier molecular flexibility index (Phi) is 1.43. The first kappa shape index (κ1) is 7.03. The molecule has 60 valence electrons. The lowest BCUT2D eigenvalue weighted by Crippen LogP contribution is -1.85. The van der Waals surface area contributed by atoms with Crippen LogP contribution in [0.25, 0.3) is 17.0 Å². The van der Waals surface area contributed by atoms with E-state index in [9.17, 15) is 4.39 Å². The Bertz CT molecular complexity index is 431. The van der Waals surface area contributed by atoms with Crippen molar-refractivity contribution in [2.24, 2.45) is 0 Å². The van der Waals surface area contributed by atoms with E-state index in [1.54, 1.807) is 18.3 Å². The van der Waals surface area contributed by atoms with Gasteiger partial charge >= 0.3 is 0 Å². The number of nitrogens with one attached hydrogen (secondary N) is 1. The van der Waals surface area contributed by atoms with Gasteiger partial charge < -0.3 is 4.98 Å². The molecule has 0 saturated heterocycles. The molecule has 1 N–H and O–H groups in total. The van der Waals surface area contributed by atoms with Gasteiger partial charge in [0, 0.05) is 18.0 Å². The Morgan fingerprint density at radius 3 is 3.17 bits per heavy atom. The zero-order valence-corrected chi connectivity index (χ0v) is 6.34. The number of fused-ring (bicyclic) bond motifs is 1. The van der Waals surface area contributed by atoms with Gasteiger partial charge in [-0.15, -0.1) is 0 Å². The Labute approximate surface area is 68.7 Å². The smallest absolute Gasteiger partial charge is 0.222 e. The van der Waals surface area contributed by atoms with Crippen LogP contribution in [0.5, 0.6) is 0 Å². The van der Waals surface area contributed by atoms with Gasteiger partial charge in [-0.1, -0.05) is 12.7 Å². The van der Waals surface area contributed by atoms with E-state index in [1.165, 1.54) is 6.20 Å². The standard InChI is InChI=1S/C9H7FN2/c1-2-6-5-12-9(10)7-3-4-11-8(6)7/h2-5,11H,1H2. The van der Waals surface area contributed by atoms with Crippen molar-refractivity contribution >= 4 is 17.0 Å². The maximum absolute atomic E-state index is 13.0. The molecule has 0 saturated carbocycles. The summed E-state index contributed by atoms with van der Waals surface area (Å²) in [5, 5.41) is 0.507. The molecule has 0 radical (unpaired) electrons. The zero-order valence-electron chi connectivity index (χ0n) is 6.34. The highest BCUT2D eigenvalue weighted by atomic mass is 19.1. The van der Waals surface area contributed by atoms with Gasteiger partial charge in [0.25, 0.3) is 0 Å². The number of pyridine rings is 1. The average molecular weight is 162 g/mol. The summed E-state index contributed by atoms with van der Waals surface area (Å²) in [6.45, 7) is 3.61. The van der Waals surface area contributed by atoms with Crippen LogP contribution in [0.3, 0.4) is 0 Å². The molecule has 3 heteroatoms. The molecule has 0 aliphatic rings. The highest BCUT2D eigenvalue weighted by molar-refractivity contribution is 5.86. The summed E-state index contributed by atoms with van der Waals surface area (Å²) in [5.74, 6) is -0.447. The van der Waals surface area contributed by atoms with Gasteiger partial charge in [0.1, 0.15) is 0 Å². The van der Waals surface area contributed by atoms with Gasteiger partial charge in [-0.2, -0.15) is 4.39 Å². The highest BCUT2D eigenvalue weighted by Gasteiger charge is 2.04. The van der Waals surface area contributed by atoms with Gasteiger partial charge in [0.2, 0.25) is 5.95 Å². The Morgan fingerprint density at radius 1 is 1.58 bits per heavy atom. The van der Waals surface area contributed by atoms with E-state index in [-0.39, 0.29) is 0 Å². The van der Waals surface area contributed by atoms with Crippen LogP contribution in [0.2, 0.25) is 0 Å². The van der Waals surface area contributed by atoms with Gasteiger partial charge in [0.05, 0.1) is 10.9 Å². The predicted molar refractivity (Wildman–Crippen MR) is 46.1 cm³/mol. The van der Waals surface area contributed by atoms with Crippen molar-refractivity contribution in [3.05, 3.63) is 36.6 Å². The molecule has 0 fully saturated rings. The minimum Gasteiger partial charge on any atom is -0.361 e. The van der Waals surface area contributed by atoms with Crippen molar-refractivity contribution in [1.82, 2.24) is 9.97 Å². The molecule has 0 aliphatic heterocycles. The van der Waals surface area contributed by atoms with Crippen LogP contribution in [0.15, 0.2) is 25.0 Å². The quantitative estimate of drug-likeness (QED) is 0.640. The second-order valence-corrected chi connectivity index (χ2v) is 2.47. The van der Waals surface area contributed by atoms with Crippen molar-refractivity contribution in [2.45, 2.75) is 0 Å². The van der Waals surface area contributed by atoms with Crippen LogP contribution in [-0.2, 0) is 0 Å². The minimum atomic E-state index is -0.447. The van der Waals surface area contributed by atoms with Crippen LogP contribution < -0.4 is 0 Å². The number of aromatic nitrogens is 2. The van der Waals surface area contributed by atoms with E-state index in [1.807, 2.05) is 0 Å². The second kappa shape index (κ2) is 2.44. The van der Waals surface area contributed by atoms with E-state index >= 15 is 0 Å². The summed E-state index contributed by atoms with van der Waals surface area (Å²) < 4.78 is 13.0. The number of hydrogen-bond acceptors (Lipinski definition) is 1. The molecule has 2 aromatic rings. The first-order chi connectivity index (χ1) is 5.83. The summed E-state index contributed by atoms with van der Waals surface area (Å²) in [5.41, 5.74) is 1.56. The normalized spacial score (nSPS) is 10.4. The van der Waals surface area contributed by atoms with Crippen molar-refractivity contribution in [3.8, 4) is 0 Å². The van der Waals surface area contributed by atoms with E-state index in [0.717, 1.165) is 11.1 Å². The van der Waals surface area contributed by atoms with Crippen LogP contribution >= 0.6 is 0 Å². The third kappa shape index (κ3) is 0.830. The number of hydrogen-bond donors (Lipinski definition) is 1. The van der Waals surface area contributed by atoms with Crippen molar-refractivity contribution in [1.29, 1.82) is 0 Å². The van der Waals surface area contributed by atoms with Gasteiger partial charge in [-0.05, 0) is 6.07 Å². The van der Waals surface area contributed by atoms with E-state index in [2.05, 4.69) is 16.5 Å². The topological polar surface area (TPSA) is 28.7 Å². The Morgan fingerprint density at radius 2 is 2.42 bits per heavy atom. The fourth-order valence-electron chi connectivity index (χ4n) is 1.20. The van der Waals surface area contributed by atoms with Crippen molar-refractivity contribution < 1.29 is 4.39 Å². The first-order valence-corrected chi connectivity index (χ1v) is 3.57. The maximum atomic E-state index is 13.0. The molecule has 12 heavy (non-hydrogen) atoms. The second-order valence-electron chi connectivity index (χ2n) is 2.47. The largest absolute Gasteiger partial charge is 0.361 e. The van der Waals surface area contributed by atoms with Crippen molar-refractivity contribution in [2.75, 3.05) is 0 Å². The fraction of sp³-hybridized carbons (Fsp3) is 0. The highest BCUT2D eigenvalue weighted by Crippen LogP contribution is 2.18. The van der Waals surface area contributed by atoms with Crippen molar-refractivity contribution in [3.63, 3.8) is 0 Å². The van der Waals surface area contributed by atoms with E-state index in [4.69, 9.17) is 0 Å². The van der Waals surface area contributed by atoms with Crippen LogP contribution in [-0.4, -0.2) is 9.97 Å². The molecule has 2 aromatic heterocycles. The summed E-state index contributed by atoms with van der Waals surface area (Å²) in [6, 6.07) is 1.66. The molecule has 0 unspecified atom stereocenters. The monoisotopic (exact) mass is 162 g/mol. The van der Waals surface area contributed by atoms with Gasteiger partial charge in [0.15, 0.2) is 0 Å². The summed E-state index contributed by atoms with van der Waals surface area (Å²) in [4.78, 5) is 6.52. The Balaban J connectivity index is 2.91. The number of aromatic amines is 1. The molecule has 0 spiro atoms. The molecule has 2 nitrogen and oxygen atoms in total. The summed E-state index contributed by atoms with van der Waals surface area (Å²) >= 11 is 0. The first-order valence-electron chi connectivity index (χ1n) is 3.57. The van der Waals surface area contributed by atoms with Crippen LogP contribution in [0, 0.1) is 5.95 Å². The molecule has 0 atom stereocenters. The van der Waals surface area contributed by atoms with Gasteiger partial charge in [-0.25, -0.2) is 4.98 Å². The van der Waals surface area contributed by atoms with E-state index in [0.29, 0.717) is 5.39 Å². The Hall–Kier alpha value is -1.64. The predicted octanol–water partition coefficient (Wildman–Crippen LogP) is 2.34. The lowest BCUT2D eigenvalue weighted by molar-refractivity contribution is 0.597. The third-order valence-electron chi connectivity index (χ3n) is 1.79. The average Bonchev–Trinajstić information content (AvgIpc) is 2.54. The lowest BCUT2D eigenvalue weighted by atomic mass is 10.2. The number of H-pyrrole nitrogens is 1. The zero-order chi connectivity index (χ0) is 8.55. The summed E-state index contributed by atoms with van der Waals surface area (Å²) in [6.07, 6.45) is 4.79. The molecule has 0 aliphatic carbocycles. The molecule has 2 rings (SSSR count). The number of halogens is 1. The summed E-state index contributed by atoms with van der Waals surface area (Å²) in [7, 11) is 0. The molecular formula is C9H7FN2. The fourth-order valence-corrected chi connectivity index (χ4v) is 1.20. The lowest BCUT2D eigenvalue weighted by Gasteiger charge is -1.95. The molecular weight excluding hydrogens is 155 g/mol. The maximum Gasteiger partial charge on any atom is 0.222 e. The minimum absolute atomic E-state index is 0.447. The molecule has 0 amide bonds.